The Morgan fingerprint density at radius 1 is 0.969 bits per heavy atom. The predicted octanol–water partition coefficient (Wildman–Crippen LogP) is 5.53. The largest absolute Gasteiger partial charge is 0.358 e. The van der Waals surface area contributed by atoms with Gasteiger partial charge in [0.1, 0.15) is 5.82 Å². The summed E-state index contributed by atoms with van der Waals surface area (Å²) in [5.74, 6) is 0.615. The SMILES string of the molecule is O=C(c1ccc(NC(c2cccc(Cl)c2)c2ccccn2)nc1)N1CCc2ccccc21. The Labute approximate surface area is 191 Å². The van der Waals surface area contributed by atoms with Crippen molar-refractivity contribution in [2.24, 2.45) is 0 Å². The van der Waals surface area contributed by atoms with E-state index in [0.717, 1.165) is 23.4 Å². The highest BCUT2D eigenvalue weighted by molar-refractivity contribution is 6.30. The molecule has 0 spiro atoms. The second-order valence-corrected chi connectivity index (χ2v) is 8.09. The van der Waals surface area contributed by atoms with Gasteiger partial charge in [0.05, 0.1) is 17.3 Å². The molecule has 1 aliphatic rings. The lowest BCUT2D eigenvalue weighted by atomic mass is 10.0. The lowest BCUT2D eigenvalue weighted by Gasteiger charge is -2.20. The fourth-order valence-corrected chi connectivity index (χ4v) is 4.22. The van der Waals surface area contributed by atoms with Crippen molar-refractivity contribution in [3.63, 3.8) is 0 Å². The van der Waals surface area contributed by atoms with E-state index in [-0.39, 0.29) is 11.9 Å². The van der Waals surface area contributed by atoms with Crippen molar-refractivity contribution in [2.45, 2.75) is 12.5 Å². The quantitative estimate of drug-likeness (QED) is 0.443. The van der Waals surface area contributed by atoms with Crippen LogP contribution in [0.2, 0.25) is 5.02 Å². The van der Waals surface area contributed by atoms with Crippen molar-refractivity contribution in [3.8, 4) is 0 Å². The maximum absolute atomic E-state index is 13.1. The minimum atomic E-state index is -0.227. The number of nitrogens with zero attached hydrogens (tertiary/aromatic N) is 3. The molecule has 0 saturated carbocycles. The molecule has 0 bridgehead atoms. The number of benzene rings is 2. The molecule has 2 aromatic heterocycles. The van der Waals surface area contributed by atoms with Crippen LogP contribution in [0.25, 0.3) is 0 Å². The van der Waals surface area contributed by atoms with Crippen LogP contribution in [0.4, 0.5) is 11.5 Å². The monoisotopic (exact) mass is 440 g/mol. The number of pyridine rings is 2. The lowest BCUT2D eigenvalue weighted by molar-refractivity contribution is 0.0989. The number of hydrogen-bond acceptors (Lipinski definition) is 4. The van der Waals surface area contributed by atoms with Crippen LogP contribution >= 0.6 is 11.6 Å². The third kappa shape index (κ3) is 4.07. The number of carbonyl (C=O) groups is 1. The van der Waals surface area contributed by atoms with Crippen LogP contribution < -0.4 is 10.2 Å². The summed E-state index contributed by atoms with van der Waals surface area (Å²) in [7, 11) is 0. The number of halogens is 1. The third-order valence-corrected chi connectivity index (χ3v) is 5.84. The molecule has 1 amide bonds. The molecule has 1 aliphatic heterocycles. The average molecular weight is 441 g/mol. The Balaban J connectivity index is 1.39. The molecule has 6 heteroatoms. The maximum Gasteiger partial charge on any atom is 0.259 e. The summed E-state index contributed by atoms with van der Waals surface area (Å²) in [6, 6.07) is 24.9. The van der Waals surface area contributed by atoms with Gasteiger partial charge in [0.2, 0.25) is 0 Å². The molecule has 5 rings (SSSR count). The van der Waals surface area contributed by atoms with E-state index >= 15 is 0 Å². The van der Waals surface area contributed by atoms with E-state index in [1.54, 1.807) is 12.4 Å². The summed E-state index contributed by atoms with van der Waals surface area (Å²) in [6.07, 6.45) is 4.26. The first-order valence-corrected chi connectivity index (χ1v) is 10.9. The van der Waals surface area contributed by atoms with E-state index in [0.29, 0.717) is 22.9 Å². The number of para-hydroxylation sites is 1. The van der Waals surface area contributed by atoms with Crippen molar-refractivity contribution in [3.05, 3.63) is 119 Å². The number of rotatable bonds is 5. The van der Waals surface area contributed by atoms with Gasteiger partial charge in [-0.05, 0) is 60.0 Å². The number of amides is 1. The molecule has 0 aliphatic carbocycles. The fourth-order valence-electron chi connectivity index (χ4n) is 4.02. The number of fused-ring (bicyclic) bond motifs is 1. The number of hydrogen-bond donors (Lipinski definition) is 1. The third-order valence-electron chi connectivity index (χ3n) is 5.60. The van der Waals surface area contributed by atoms with Gasteiger partial charge in [-0.25, -0.2) is 4.98 Å². The molecule has 5 nitrogen and oxygen atoms in total. The van der Waals surface area contributed by atoms with Gasteiger partial charge in [0.15, 0.2) is 0 Å². The molecule has 32 heavy (non-hydrogen) atoms. The van der Waals surface area contributed by atoms with Crippen LogP contribution in [-0.2, 0) is 6.42 Å². The molecular weight excluding hydrogens is 420 g/mol. The van der Waals surface area contributed by atoms with Crippen LogP contribution in [0.3, 0.4) is 0 Å². The molecule has 1 N–H and O–H groups in total. The standard InChI is InChI=1S/C26H21ClN4O/c27-21-8-5-7-19(16-21)25(22-9-3-4-14-28-22)30-24-12-11-20(17-29-24)26(32)31-15-13-18-6-1-2-10-23(18)31/h1-12,14,16-17,25H,13,15H2,(H,29,30). The van der Waals surface area contributed by atoms with E-state index in [9.17, 15) is 4.79 Å². The van der Waals surface area contributed by atoms with E-state index in [1.807, 2.05) is 77.7 Å². The van der Waals surface area contributed by atoms with Gasteiger partial charge in [-0.2, -0.15) is 0 Å². The predicted molar refractivity (Wildman–Crippen MR) is 127 cm³/mol. The summed E-state index contributed by atoms with van der Waals surface area (Å²) in [6.45, 7) is 0.689. The number of carbonyl (C=O) groups excluding carboxylic acids is 1. The van der Waals surface area contributed by atoms with Crippen LogP contribution in [0.1, 0.15) is 33.2 Å². The lowest BCUT2D eigenvalue weighted by Crippen LogP contribution is -2.29. The van der Waals surface area contributed by atoms with Crippen LogP contribution in [0, 0.1) is 0 Å². The Bertz CT molecular complexity index is 1240. The average Bonchev–Trinajstić information content (AvgIpc) is 3.27. The highest BCUT2D eigenvalue weighted by Gasteiger charge is 2.25. The second-order valence-electron chi connectivity index (χ2n) is 7.65. The van der Waals surface area contributed by atoms with E-state index in [2.05, 4.69) is 21.4 Å². The van der Waals surface area contributed by atoms with Gasteiger partial charge in [0.25, 0.3) is 5.91 Å². The fraction of sp³-hybridized carbons (Fsp3) is 0.115. The summed E-state index contributed by atoms with van der Waals surface area (Å²) < 4.78 is 0. The van der Waals surface area contributed by atoms with E-state index < -0.39 is 0 Å². The summed E-state index contributed by atoms with van der Waals surface area (Å²) in [5, 5.41) is 4.09. The Morgan fingerprint density at radius 2 is 1.84 bits per heavy atom. The van der Waals surface area contributed by atoms with Crippen LogP contribution in [0.5, 0.6) is 0 Å². The van der Waals surface area contributed by atoms with Gasteiger partial charge in [0, 0.05) is 29.6 Å². The number of aromatic nitrogens is 2. The van der Waals surface area contributed by atoms with Crippen molar-refractivity contribution >= 4 is 29.0 Å². The molecule has 2 aromatic carbocycles. The number of nitrogens with one attached hydrogen (secondary N) is 1. The first kappa shape index (κ1) is 20.2. The van der Waals surface area contributed by atoms with Crippen molar-refractivity contribution in [1.82, 2.24) is 9.97 Å². The zero-order valence-electron chi connectivity index (χ0n) is 17.3. The zero-order valence-corrected chi connectivity index (χ0v) is 18.0. The highest BCUT2D eigenvalue weighted by atomic mass is 35.5. The van der Waals surface area contributed by atoms with Crippen molar-refractivity contribution < 1.29 is 4.79 Å². The van der Waals surface area contributed by atoms with Gasteiger partial charge >= 0.3 is 0 Å². The summed E-state index contributed by atoms with van der Waals surface area (Å²) in [5.41, 5.74) is 4.57. The number of anilines is 2. The second kappa shape index (κ2) is 8.81. The summed E-state index contributed by atoms with van der Waals surface area (Å²) in [4.78, 5) is 23.9. The van der Waals surface area contributed by atoms with E-state index in [4.69, 9.17) is 11.6 Å². The van der Waals surface area contributed by atoms with Crippen LogP contribution in [-0.4, -0.2) is 22.4 Å². The van der Waals surface area contributed by atoms with Gasteiger partial charge in [-0.15, -0.1) is 0 Å². The molecule has 1 atom stereocenters. The van der Waals surface area contributed by atoms with E-state index in [1.165, 1.54) is 5.56 Å². The van der Waals surface area contributed by atoms with Gasteiger partial charge in [-0.1, -0.05) is 48.0 Å². The van der Waals surface area contributed by atoms with Gasteiger partial charge in [-0.3, -0.25) is 9.78 Å². The first-order valence-electron chi connectivity index (χ1n) is 10.5. The molecule has 1 unspecified atom stereocenters. The molecular formula is C26H21ClN4O. The molecule has 0 saturated heterocycles. The van der Waals surface area contributed by atoms with Crippen LogP contribution in [0.15, 0.2) is 91.3 Å². The van der Waals surface area contributed by atoms with Gasteiger partial charge < -0.3 is 10.2 Å². The van der Waals surface area contributed by atoms with Crippen molar-refractivity contribution in [2.75, 3.05) is 16.8 Å². The maximum atomic E-state index is 13.1. The molecule has 0 fully saturated rings. The Hall–Kier alpha value is -3.70. The highest BCUT2D eigenvalue weighted by Crippen LogP contribution is 2.30. The Kier molecular flexibility index (Phi) is 5.57. The molecule has 0 radical (unpaired) electrons. The molecule has 4 aromatic rings. The zero-order chi connectivity index (χ0) is 21.9. The summed E-state index contributed by atoms with van der Waals surface area (Å²) >= 11 is 6.23. The topological polar surface area (TPSA) is 58.1 Å². The minimum Gasteiger partial charge on any atom is -0.358 e. The normalized spacial score (nSPS) is 13.5. The Morgan fingerprint density at radius 3 is 2.62 bits per heavy atom. The smallest absolute Gasteiger partial charge is 0.259 e. The van der Waals surface area contributed by atoms with Crippen molar-refractivity contribution in [1.29, 1.82) is 0 Å². The molecule has 3 heterocycles. The molecule has 158 valence electrons. The minimum absolute atomic E-state index is 0.0369. The first-order chi connectivity index (χ1) is 15.7.